The second-order valence-corrected chi connectivity index (χ2v) is 9.41. The summed E-state index contributed by atoms with van der Waals surface area (Å²) in [5, 5.41) is 6.85. The molecule has 5 rings (SSSR count). The van der Waals surface area contributed by atoms with Crippen molar-refractivity contribution < 1.29 is 13.9 Å². The SMILES string of the molecule is COc1ccc(C2CC(C(=O)NCc3ccc(C)cc3)C3C(NNC3c3ccc(F)cc3)N2)cc1. The lowest BCUT2D eigenvalue weighted by Gasteiger charge is -2.40. The number of piperidine rings is 1. The molecule has 6 nitrogen and oxygen atoms in total. The Balaban J connectivity index is 1.40. The zero-order chi connectivity index (χ0) is 24.4. The molecule has 0 radical (unpaired) electrons. The van der Waals surface area contributed by atoms with Crippen molar-refractivity contribution in [2.45, 2.75) is 38.1 Å². The van der Waals surface area contributed by atoms with Crippen LogP contribution in [0.25, 0.3) is 0 Å². The number of aryl methyl sites for hydroxylation is 1. The zero-order valence-electron chi connectivity index (χ0n) is 19.9. The van der Waals surface area contributed by atoms with E-state index >= 15 is 0 Å². The second-order valence-electron chi connectivity index (χ2n) is 9.41. The number of hydrazine groups is 1. The summed E-state index contributed by atoms with van der Waals surface area (Å²) in [6.45, 7) is 2.53. The molecular formula is C28H31FN4O2. The minimum atomic E-state index is -0.273. The lowest BCUT2D eigenvalue weighted by molar-refractivity contribution is -0.129. The van der Waals surface area contributed by atoms with Crippen LogP contribution >= 0.6 is 0 Å². The van der Waals surface area contributed by atoms with Crippen LogP contribution in [-0.2, 0) is 11.3 Å². The summed E-state index contributed by atoms with van der Waals surface area (Å²) in [5.74, 6) is 0.249. The summed E-state index contributed by atoms with van der Waals surface area (Å²) < 4.78 is 18.9. The molecule has 5 atom stereocenters. The monoisotopic (exact) mass is 474 g/mol. The maximum atomic E-state index is 13.6. The van der Waals surface area contributed by atoms with E-state index in [-0.39, 0.29) is 41.8 Å². The third-order valence-electron chi connectivity index (χ3n) is 7.17. The molecule has 5 unspecified atom stereocenters. The molecule has 2 saturated heterocycles. The Morgan fingerprint density at radius 2 is 1.66 bits per heavy atom. The van der Waals surface area contributed by atoms with Gasteiger partial charge in [-0.25, -0.2) is 15.2 Å². The van der Waals surface area contributed by atoms with Crippen molar-refractivity contribution in [3.05, 3.63) is 101 Å². The normalized spacial score (nSPS) is 25.6. The van der Waals surface area contributed by atoms with Gasteiger partial charge in [-0.05, 0) is 54.3 Å². The number of benzene rings is 3. The summed E-state index contributed by atoms with van der Waals surface area (Å²) in [5.41, 5.74) is 11.0. The van der Waals surface area contributed by atoms with Gasteiger partial charge in [-0.15, -0.1) is 0 Å². The molecule has 4 N–H and O–H groups in total. The molecule has 0 spiro atoms. The summed E-state index contributed by atoms with van der Waals surface area (Å²) in [6, 6.07) is 22.5. The number of rotatable bonds is 6. The van der Waals surface area contributed by atoms with Crippen LogP contribution in [0.2, 0.25) is 0 Å². The van der Waals surface area contributed by atoms with Gasteiger partial charge in [0, 0.05) is 24.4 Å². The number of amides is 1. The third-order valence-corrected chi connectivity index (χ3v) is 7.17. The molecule has 0 aliphatic carbocycles. The number of methoxy groups -OCH3 is 1. The predicted molar refractivity (Wildman–Crippen MR) is 133 cm³/mol. The number of halogens is 1. The van der Waals surface area contributed by atoms with Crippen molar-refractivity contribution in [3.63, 3.8) is 0 Å². The van der Waals surface area contributed by atoms with Gasteiger partial charge < -0.3 is 10.1 Å². The average Bonchev–Trinajstić information content (AvgIpc) is 3.32. The van der Waals surface area contributed by atoms with Gasteiger partial charge in [-0.3, -0.25) is 10.1 Å². The van der Waals surface area contributed by atoms with Gasteiger partial charge in [0.15, 0.2) is 0 Å². The Morgan fingerprint density at radius 3 is 2.34 bits per heavy atom. The molecule has 3 aromatic rings. The Labute approximate surface area is 205 Å². The van der Waals surface area contributed by atoms with Crippen LogP contribution in [0.5, 0.6) is 5.75 Å². The number of carbonyl (C=O) groups is 1. The molecule has 2 aliphatic rings. The minimum absolute atomic E-state index is 0.00134. The number of carbonyl (C=O) groups excluding carboxylic acids is 1. The molecule has 182 valence electrons. The molecule has 2 heterocycles. The van der Waals surface area contributed by atoms with Gasteiger partial charge in [-0.1, -0.05) is 54.1 Å². The Morgan fingerprint density at radius 1 is 0.971 bits per heavy atom. The van der Waals surface area contributed by atoms with Crippen molar-refractivity contribution in [1.82, 2.24) is 21.5 Å². The summed E-state index contributed by atoms with van der Waals surface area (Å²) in [4.78, 5) is 13.6. The largest absolute Gasteiger partial charge is 0.497 e. The highest BCUT2D eigenvalue weighted by atomic mass is 19.1. The number of nitrogens with one attached hydrogen (secondary N) is 4. The zero-order valence-corrected chi connectivity index (χ0v) is 19.9. The molecular weight excluding hydrogens is 443 g/mol. The van der Waals surface area contributed by atoms with Crippen molar-refractivity contribution in [2.75, 3.05) is 7.11 Å². The van der Waals surface area contributed by atoms with E-state index in [2.05, 4.69) is 33.6 Å². The van der Waals surface area contributed by atoms with Crippen molar-refractivity contribution >= 4 is 5.91 Å². The van der Waals surface area contributed by atoms with Crippen LogP contribution in [0, 0.1) is 24.6 Å². The molecule has 0 saturated carbocycles. The number of fused-ring (bicyclic) bond motifs is 1. The van der Waals surface area contributed by atoms with E-state index < -0.39 is 0 Å². The van der Waals surface area contributed by atoms with Crippen LogP contribution in [0.4, 0.5) is 4.39 Å². The Kier molecular flexibility index (Phi) is 6.81. The summed E-state index contributed by atoms with van der Waals surface area (Å²) in [7, 11) is 1.65. The van der Waals surface area contributed by atoms with E-state index in [0.29, 0.717) is 13.0 Å². The first-order valence-electron chi connectivity index (χ1n) is 12.0. The quantitative estimate of drug-likeness (QED) is 0.436. The topological polar surface area (TPSA) is 74.4 Å². The maximum Gasteiger partial charge on any atom is 0.223 e. The van der Waals surface area contributed by atoms with Gasteiger partial charge in [0.2, 0.25) is 5.91 Å². The number of ether oxygens (including phenoxy) is 1. The molecule has 1 amide bonds. The first-order valence-corrected chi connectivity index (χ1v) is 12.0. The van der Waals surface area contributed by atoms with Crippen LogP contribution in [0.1, 0.15) is 40.8 Å². The lowest BCUT2D eigenvalue weighted by Crippen LogP contribution is -2.54. The van der Waals surface area contributed by atoms with Gasteiger partial charge in [0.05, 0.1) is 19.3 Å². The minimum Gasteiger partial charge on any atom is -0.497 e. The van der Waals surface area contributed by atoms with E-state index in [0.717, 1.165) is 22.4 Å². The average molecular weight is 475 g/mol. The fourth-order valence-corrected chi connectivity index (χ4v) is 5.23. The first kappa shape index (κ1) is 23.5. The van der Waals surface area contributed by atoms with Crippen LogP contribution < -0.4 is 26.2 Å². The van der Waals surface area contributed by atoms with E-state index in [9.17, 15) is 9.18 Å². The second kappa shape index (κ2) is 10.2. The standard InChI is InChI=1S/C28H31FN4O2/c1-17-3-5-18(6-4-17)16-30-28(34)23-15-24(19-9-13-22(35-2)14-10-19)31-27-25(23)26(32-33-27)20-7-11-21(29)12-8-20/h3-14,23-27,31-33H,15-16H2,1-2H3,(H,30,34). The van der Waals surface area contributed by atoms with Crippen LogP contribution in [-0.4, -0.2) is 19.2 Å². The molecule has 35 heavy (non-hydrogen) atoms. The predicted octanol–water partition coefficient (Wildman–Crippen LogP) is 3.90. The molecule has 7 heteroatoms. The Hall–Kier alpha value is -3.26. The first-order chi connectivity index (χ1) is 17.0. The smallest absolute Gasteiger partial charge is 0.223 e. The molecule has 2 aliphatic heterocycles. The van der Waals surface area contributed by atoms with Gasteiger partial charge >= 0.3 is 0 Å². The number of hydrogen-bond donors (Lipinski definition) is 4. The lowest BCUT2D eigenvalue weighted by atomic mass is 9.74. The Bertz CT molecular complexity index is 1150. The van der Waals surface area contributed by atoms with Crippen molar-refractivity contribution in [3.8, 4) is 5.75 Å². The van der Waals surface area contributed by atoms with Gasteiger partial charge in [-0.2, -0.15) is 0 Å². The third kappa shape index (κ3) is 5.07. The van der Waals surface area contributed by atoms with E-state index in [1.54, 1.807) is 19.2 Å². The summed E-state index contributed by atoms with van der Waals surface area (Å²) in [6.07, 6.45) is 0.523. The van der Waals surface area contributed by atoms with Crippen molar-refractivity contribution in [2.24, 2.45) is 11.8 Å². The van der Waals surface area contributed by atoms with E-state index in [1.165, 1.54) is 17.7 Å². The highest BCUT2D eigenvalue weighted by Crippen LogP contribution is 2.42. The number of hydrogen-bond acceptors (Lipinski definition) is 5. The van der Waals surface area contributed by atoms with Crippen LogP contribution in [0.15, 0.2) is 72.8 Å². The molecule has 3 aromatic carbocycles. The van der Waals surface area contributed by atoms with Crippen molar-refractivity contribution in [1.29, 1.82) is 0 Å². The van der Waals surface area contributed by atoms with Gasteiger partial charge in [0.1, 0.15) is 11.6 Å². The molecule has 0 bridgehead atoms. The fraction of sp³-hybridized carbons (Fsp3) is 0.321. The fourth-order valence-electron chi connectivity index (χ4n) is 5.23. The van der Waals surface area contributed by atoms with Crippen LogP contribution in [0.3, 0.4) is 0 Å². The van der Waals surface area contributed by atoms with E-state index in [4.69, 9.17) is 4.74 Å². The highest BCUT2D eigenvalue weighted by molar-refractivity contribution is 5.79. The highest BCUT2D eigenvalue weighted by Gasteiger charge is 2.49. The van der Waals surface area contributed by atoms with Gasteiger partial charge in [0.25, 0.3) is 0 Å². The molecule has 0 aromatic heterocycles. The van der Waals surface area contributed by atoms with E-state index in [1.807, 2.05) is 43.3 Å². The molecule has 2 fully saturated rings. The summed E-state index contributed by atoms with van der Waals surface area (Å²) >= 11 is 0. The maximum absolute atomic E-state index is 13.6.